The van der Waals surface area contributed by atoms with Crippen molar-refractivity contribution in [2.75, 3.05) is 39.4 Å². The lowest BCUT2D eigenvalue weighted by atomic mass is 10.0. The molecular formula is C24H24N4O3. The molecule has 1 saturated heterocycles. The second-order valence-corrected chi connectivity index (χ2v) is 7.95. The minimum atomic E-state index is -0.137. The van der Waals surface area contributed by atoms with Crippen LogP contribution in [-0.4, -0.2) is 66.2 Å². The third kappa shape index (κ3) is 3.82. The number of hydrogen-bond acceptors (Lipinski definition) is 6. The Kier molecular flexibility index (Phi) is 5.44. The van der Waals surface area contributed by atoms with Crippen molar-refractivity contribution in [3.05, 3.63) is 59.2 Å². The van der Waals surface area contributed by atoms with E-state index in [1.165, 1.54) is 0 Å². The van der Waals surface area contributed by atoms with Gasteiger partial charge in [-0.15, -0.1) is 10.2 Å². The van der Waals surface area contributed by atoms with Crippen molar-refractivity contribution in [3.63, 3.8) is 0 Å². The third-order valence-corrected chi connectivity index (χ3v) is 5.97. The van der Waals surface area contributed by atoms with Gasteiger partial charge >= 0.3 is 0 Å². The summed E-state index contributed by atoms with van der Waals surface area (Å²) in [7, 11) is 0. The standard InChI is InChI=1S/C24H24N4O3/c29-23-18-6-2-1-5-17(18)22-21(23)19-15-16(7-8-20(19)26-27-22)24(30)25-9-3-4-10-28-11-13-31-14-12-28/h1-2,5-8,15H,3-4,9-14H2,(H,25,30). The normalized spacial score (nSPS) is 15.7. The summed E-state index contributed by atoms with van der Waals surface area (Å²) in [5.41, 5.74) is 3.70. The van der Waals surface area contributed by atoms with Gasteiger partial charge in [-0.2, -0.15) is 0 Å². The molecule has 1 amide bonds. The molecule has 0 unspecified atom stereocenters. The maximum absolute atomic E-state index is 13.0. The fourth-order valence-electron chi connectivity index (χ4n) is 4.28. The number of ether oxygens (including phenoxy) is 1. The Morgan fingerprint density at radius 1 is 1.03 bits per heavy atom. The van der Waals surface area contributed by atoms with E-state index in [0.717, 1.165) is 51.3 Å². The Balaban J connectivity index is 1.27. The van der Waals surface area contributed by atoms with E-state index in [0.29, 0.717) is 39.8 Å². The first kappa shape index (κ1) is 19.8. The number of morpholine rings is 1. The SMILES string of the molecule is O=C(NCCCCN1CCOCC1)c1ccc2nnc3c(c2c1)C(=O)c1ccccc1-3. The summed E-state index contributed by atoms with van der Waals surface area (Å²) >= 11 is 0. The number of ketones is 1. The zero-order valence-electron chi connectivity index (χ0n) is 17.3. The summed E-state index contributed by atoms with van der Waals surface area (Å²) in [6, 6.07) is 12.7. The fraction of sp³-hybridized carbons (Fsp3) is 0.333. The average molecular weight is 416 g/mol. The highest BCUT2D eigenvalue weighted by Gasteiger charge is 2.30. The molecule has 2 heterocycles. The topological polar surface area (TPSA) is 84.4 Å². The number of hydrogen-bond donors (Lipinski definition) is 1. The van der Waals surface area contributed by atoms with Crippen molar-refractivity contribution >= 4 is 22.6 Å². The van der Waals surface area contributed by atoms with E-state index >= 15 is 0 Å². The number of rotatable bonds is 6. The van der Waals surface area contributed by atoms with Crippen molar-refractivity contribution in [1.82, 2.24) is 20.4 Å². The first-order valence-corrected chi connectivity index (χ1v) is 10.8. The van der Waals surface area contributed by atoms with Crippen LogP contribution in [0, 0.1) is 0 Å². The highest BCUT2D eigenvalue weighted by molar-refractivity contribution is 6.26. The monoisotopic (exact) mass is 416 g/mol. The molecule has 1 aromatic heterocycles. The zero-order valence-corrected chi connectivity index (χ0v) is 17.3. The van der Waals surface area contributed by atoms with Crippen molar-refractivity contribution in [1.29, 1.82) is 0 Å². The molecule has 7 heteroatoms. The minimum absolute atomic E-state index is 0.0637. The van der Waals surface area contributed by atoms with E-state index in [1.807, 2.05) is 18.2 Å². The third-order valence-electron chi connectivity index (χ3n) is 5.97. The Labute approximate surface area is 180 Å². The smallest absolute Gasteiger partial charge is 0.251 e. The fourth-order valence-corrected chi connectivity index (χ4v) is 4.28. The molecule has 0 saturated carbocycles. The van der Waals surface area contributed by atoms with Crippen LogP contribution in [-0.2, 0) is 4.74 Å². The number of benzene rings is 2. The molecule has 2 aliphatic rings. The Hall–Kier alpha value is -3.16. The molecule has 5 rings (SSSR count). The molecule has 1 fully saturated rings. The largest absolute Gasteiger partial charge is 0.379 e. The molecule has 2 aromatic carbocycles. The van der Waals surface area contributed by atoms with Gasteiger partial charge in [0.05, 0.1) is 24.3 Å². The minimum Gasteiger partial charge on any atom is -0.379 e. The van der Waals surface area contributed by atoms with Gasteiger partial charge in [0.1, 0.15) is 5.69 Å². The predicted molar refractivity (Wildman–Crippen MR) is 117 cm³/mol. The van der Waals surface area contributed by atoms with Gasteiger partial charge in [0.2, 0.25) is 0 Å². The quantitative estimate of drug-likeness (QED) is 0.487. The van der Waals surface area contributed by atoms with E-state index in [4.69, 9.17) is 4.74 Å². The first-order chi connectivity index (χ1) is 15.2. The van der Waals surface area contributed by atoms with Crippen molar-refractivity contribution in [2.45, 2.75) is 12.8 Å². The van der Waals surface area contributed by atoms with Gasteiger partial charge in [-0.25, -0.2) is 0 Å². The number of carbonyl (C=O) groups excluding carboxylic acids is 2. The lowest BCUT2D eigenvalue weighted by Crippen LogP contribution is -2.37. The maximum atomic E-state index is 13.0. The van der Waals surface area contributed by atoms with Gasteiger partial charge in [-0.1, -0.05) is 24.3 Å². The van der Waals surface area contributed by atoms with Gasteiger partial charge in [0.25, 0.3) is 5.91 Å². The molecular weight excluding hydrogens is 392 g/mol. The Morgan fingerprint density at radius 2 is 1.84 bits per heavy atom. The average Bonchev–Trinajstić information content (AvgIpc) is 3.11. The number of nitrogens with zero attached hydrogens (tertiary/aromatic N) is 3. The van der Waals surface area contributed by atoms with Crippen molar-refractivity contribution in [2.24, 2.45) is 0 Å². The number of nitrogens with one attached hydrogen (secondary N) is 1. The number of amides is 1. The van der Waals surface area contributed by atoms with Gasteiger partial charge in [0, 0.05) is 41.7 Å². The highest BCUT2D eigenvalue weighted by atomic mass is 16.5. The number of fused-ring (bicyclic) bond motifs is 5. The van der Waals surface area contributed by atoms with E-state index in [1.54, 1.807) is 24.3 Å². The summed E-state index contributed by atoms with van der Waals surface area (Å²) in [4.78, 5) is 28.1. The first-order valence-electron chi connectivity index (χ1n) is 10.8. The van der Waals surface area contributed by atoms with E-state index in [-0.39, 0.29) is 11.7 Å². The van der Waals surface area contributed by atoms with Gasteiger partial charge in [-0.05, 0) is 37.6 Å². The summed E-state index contributed by atoms with van der Waals surface area (Å²) in [5.74, 6) is -0.201. The summed E-state index contributed by atoms with van der Waals surface area (Å²) in [6.07, 6.45) is 1.96. The van der Waals surface area contributed by atoms with Crippen LogP contribution < -0.4 is 5.32 Å². The van der Waals surface area contributed by atoms with Crippen LogP contribution >= 0.6 is 0 Å². The second-order valence-electron chi connectivity index (χ2n) is 7.95. The zero-order chi connectivity index (χ0) is 21.2. The van der Waals surface area contributed by atoms with Crippen LogP contribution in [0.3, 0.4) is 0 Å². The number of carbonyl (C=O) groups is 2. The Morgan fingerprint density at radius 3 is 2.68 bits per heavy atom. The molecule has 0 spiro atoms. The number of aromatic nitrogens is 2. The van der Waals surface area contributed by atoms with Crippen LogP contribution in [0.15, 0.2) is 42.5 Å². The van der Waals surface area contributed by atoms with Crippen LogP contribution in [0.2, 0.25) is 0 Å². The molecule has 158 valence electrons. The molecule has 1 aliphatic carbocycles. The van der Waals surface area contributed by atoms with E-state index in [9.17, 15) is 9.59 Å². The predicted octanol–water partition coefficient (Wildman–Crippen LogP) is 2.68. The van der Waals surface area contributed by atoms with Gasteiger partial charge in [0.15, 0.2) is 5.78 Å². The number of unbranched alkanes of at least 4 members (excludes halogenated alkanes) is 1. The van der Waals surface area contributed by atoms with Crippen molar-refractivity contribution in [3.8, 4) is 11.3 Å². The summed E-state index contributed by atoms with van der Waals surface area (Å²) in [5, 5.41) is 12.2. The van der Waals surface area contributed by atoms with Gasteiger partial charge < -0.3 is 10.1 Å². The van der Waals surface area contributed by atoms with Crippen LogP contribution in [0.1, 0.15) is 39.1 Å². The van der Waals surface area contributed by atoms with Crippen LogP contribution in [0.25, 0.3) is 22.2 Å². The molecule has 0 radical (unpaired) electrons. The van der Waals surface area contributed by atoms with Crippen LogP contribution in [0.4, 0.5) is 0 Å². The van der Waals surface area contributed by atoms with E-state index in [2.05, 4.69) is 20.4 Å². The lowest BCUT2D eigenvalue weighted by molar-refractivity contribution is 0.0372. The molecule has 7 nitrogen and oxygen atoms in total. The molecule has 1 N–H and O–H groups in total. The molecule has 0 bridgehead atoms. The lowest BCUT2D eigenvalue weighted by Gasteiger charge is -2.26. The van der Waals surface area contributed by atoms with Gasteiger partial charge in [-0.3, -0.25) is 14.5 Å². The second kappa shape index (κ2) is 8.53. The van der Waals surface area contributed by atoms with E-state index < -0.39 is 0 Å². The van der Waals surface area contributed by atoms with Crippen LogP contribution in [0.5, 0.6) is 0 Å². The van der Waals surface area contributed by atoms with Crippen molar-refractivity contribution < 1.29 is 14.3 Å². The molecule has 3 aromatic rings. The molecule has 31 heavy (non-hydrogen) atoms. The molecule has 0 atom stereocenters. The molecule has 1 aliphatic heterocycles. The Bertz CT molecular complexity index is 1150. The summed E-state index contributed by atoms with van der Waals surface area (Å²) in [6.45, 7) is 5.24. The highest BCUT2D eigenvalue weighted by Crippen LogP contribution is 2.37. The maximum Gasteiger partial charge on any atom is 0.251 e. The summed E-state index contributed by atoms with van der Waals surface area (Å²) < 4.78 is 5.36.